The van der Waals surface area contributed by atoms with Crippen molar-refractivity contribution in [3.8, 4) is 17.4 Å². The Labute approximate surface area is 138 Å². The molecule has 0 aliphatic heterocycles. The van der Waals surface area contributed by atoms with Gasteiger partial charge >= 0.3 is 6.01 Å². The van der Waals surface area contributed by atoms with Gasteiger partial charge in [-0.2, -0.15) is 15.0 Å². The minimum atomic E-state index is -0.376. The van der Waals surface area contributed by atoms with Crippen molar-refractivity contribution in [2.24, 2.45) is 0 Å². The number of hydrogen-bond acceptors (Lipinski definition) is 6. The Bertz CT molecular complexity index is 797. The summed E-state index contributed by atoms with van der Waals surface area (Å²) in [7, 11) is 0. The Balaban J connectivity index is 1.74. The van der Waals surface area contributed by atoms with E-state index in [2.05, 4.69) is 25.8 Å². The molecular weight excluding hydrogens is 314 g/mol. The molecule has 0 radical (unpaired) electrons. The quantitative estimate of drug-likeness (QED) is 0.625. The molecule has 3 N–H and O–H groups in total. The van der Waals surface area contributed by atoms with Crippen molar-refractivity contribution in [3.05, 3.63) is 65.2 Å². The fourth-order valence-corrected chi connectivity index (χ4v) is 2.23. The van der Waals surface area contributed by atoms with Gasteiger partial charge in [-0.15, -0.1) is 0 Å². The number of benzene rings is 2. The van der Waals surface area contributed by atoms with E-state index in [-0.39, 0.29) is 12.0 Å². The van der Waals surface area contributed by atoms with Gasteiger partial charge in [0.15, 0.2) is 5.82 Å². The summed E-state index contributed by atoms with van der Waals surface area (Å²) in [5.41, 5.74) is 7.56. The third-order valence-corrected chi connectivity index (χ3v) is 3.40. The average molecular weight is 328 g/mol. The molecule has 6 nitrogen and oxygen atoms in total. The zero-order valence-corrected chi connectivity index (χ0v) is 12.8. The molecule has 1 heterocycles. The minimum Gasteiger partial charge on any atom is -0.479 e. The van der Waals surface area contributed by atoms with E-state index in [1.165, 1.54) is 0 Å². The van der Waals surface area contributed by atoms with Crippen LogP contribution in [0.1, 0.15) is 5.56 Å². The van der Waals surface area contributed by atoms with Gasteiger partial charge in [0, 0.05) is 12.1 Å². The van der Waals surface area contributed by atoms with E-state index >= 15 is 0 Å². The van der Waals surface area contributed by atoms with Crippen LogP contribution in [-0.4, -0.2) is 20.1 Å². The molecule has 3 rings (SSSR count). The second-order valence-corrected chi connectivity index (χ2v) is 5.13. The van der Waals surface area contributed by atoms with Crippen molar-refractivity contribution in [2.45, 2.75) is 6.54 Å². The van der Waals surface area contributed by atoms with Gasteiger partial charge in [-0.1, -0.05) is 54.1 Å². The number of nitrogens with one attached hydrogen (secondary N) is 2. The number of anilines is 1. The van der Waals surface area contributed by atoms with Crippen LogP contribution >= 0.6 is 11.6 Å². The highest BCUT2D eigenvalue weighted by Crippen LogP contribution is 2.25. The van der Waals surface area contributed by atoms with Crippen LogP contribution in [0.15, 0.2) is 54.6 Å². The lowest BCUT2D eigenvalue weighted by atomic mass is 10.2. The molecule has 0 atom stereocenters. The molecule has 0 saturated heterocycles. The fraction of sp³-hybridized carbons (Fsp3) is 0.0625. The summed E-state index contributed by atoms with van der Waals surface area (Å²) in [5.74, 6) is 0.510. The fourth-order valence-electron chi connectivity index (χ4n) is 2.00. The topological polar surface area (TPSA) is 83.0 Å². The lowest BCUT2D eigenvalue weighted by Gasteiger charge is -2.09. The summed E-state index contributed by atoms with van der Waals surface area (Å²) in [6, 6.07) is 16.6. The van der Waals surface area contributed by atoms with Crippen LogP contribution in [0.25, 0.3) is 11.4 Å². The first-order valence-electron chi connectivity index (χ1n) is 6.95. The average Bonchev–Trinajstić information content (AvgIpc) is 2.56. The maximum absolute atomic E-state index is 9.69. The van der Waals surface area contributed by atoms with Crippen molar-refractivity contribution >= 4 is 17.5 Å². The van der Waals surface area contributed by atoms with Crippen molar-refractivity contribution in [3.63, 3.8) is 0 Å². The van der Waals surface area contributed by atoms with E-state index in [0.717, 1.165) is 5.56 Å². The number of aromatic nitrogens is 3. The van der Waals surface area contributed by atoms with E-state index in [1.54, 1.807) is 12.1 Å². The molecule has 0 amide bonds. The predicted octanol–water partition coefficient (Wildman–Crippen LogP) is 3.01. The number of rotatable bonds is 5. The largest absolute Gasteiger partial charge is 0.479 e. The highest BCUT2D eigenvalue weighted by atomic mass is 35.5. The summed E-state index contributed by atoms with van der Waals surface area (Å²) in [6.45, 7) is 0.578. The summed E-state index contributed by atoms with van der Waals surface area (Å²) in [6.07, 6.45) is 0. The molecule has 1 aromatic heterocycles. The van der Waals surface area contributed by atoms with E-state index in [1.807, 2.05) is 42.5 Å². The van der Waals surface area contributed by atoms with Gasteiger partial charge in [-0.05, 0) is 17.7 Å². The zero-order valence-electron chi connectivity index (χ0n) is 12.1. The molecule has 0 aliphatic carbocycles. The normalized spacial score (nSPS) is 10.5. The van der Waals surface area contributed by atoms with Crippen LogP contribution in [0.5, 0.6) is 6.01 Å². The SMILES string of the molecule is Oc1nc(NNCc2ccccc2)nc(-c2ccccc2Cl)n1. The summed E-state index contributed by atoms with van der Waals surface area (Å²) >= 11 is 6.13. The van der Waals surface area contributed by atoms with Crippen molar-refractivity contribution in [1.29, 1.82) is 0 Å². The molecule has 0 aliphatic rings. The van der Waals surface area contributed by atoms with Gasteiger partial charge in [0.1, 0.15) is 0 Å². The van der Waals surface area contributed by atoms with Gasteiger partial charge in [0.2, 0.25) is 5.95 Å². The summed E-state index contributed by atoms with van der Waals surface area (Å²) in [4.78, 5) is 12.0. The van der Waals surface area contributed by atoms with E-state index < -0.39 is 0 Å². The summed E-state index contributed by atoms with van der Waals surface area (Å²) in [5, 5.41) is 10.2. The highest BCUT2D eigenvalue weighted by Gasteiger charge is 2.10. The minimum absolute atomic E-state index is 0.211. The van der Waals surface area contributed by atoms with Gasteiger partial charge in [-0.3, -0.25) is 5.43 Å². The first-order chi connectivity index (χ1) is 11.2. The number of nitrogens with zero attached hydrogens (tertiary/aromatic N) is 3. The monoisotopic (exact) mass is 327 g/mol. The molecule has 3 aromatic rings. The number of hydrazine groups is 1. The Kier molecular flexibility index (Phi) is 4.65. The smallest absolute Gasteiger partial charge is 0.319 e. The first-order valence-corrected chi connectivity index (χ1v) is 7.33. The number of hydrogen-bond donors (Lipinski definition) is 3. The molecule has 7 heteroatoms. The molecule has 2 aromatic carbocycles. The standard InChI is InChI=1S/C16H14ClN5O/c17-13-9-5-4-8-12(13)14-19-15(21-16(23)20-14)22-18-10-11-6-2-1-3-7-11/h1-9,18H,10H2,(H2,19,20,21,22,23). The number of halogens is 1. The summed E-state index contributed by atoms with van der Waals surface area (Å²) < 4.78 is 0. The van der Waals surface area contributed by atoms with Gasteiger partial charge in [0.25, 0.3) is 0 Å². The molecule has 0 spiro atoms. The van der Waals surface area contributed by atoms with Crippen LogP contribution in [-0.2, 0) is 6.54 Å². The maximum Gasteiger partial charge on any atom is 0.319 e. The molecule has 0 unspecified atom stereocenters. The number of aromatic hydroxyl groups is 1. The molecule has 116 valence electrons. The molecule has 0 saturated carbocycles. The van der Waals surface area contributed by atoms with E-state index in [4.69, 9.17) is 11.6 Å². The van der Waals surface area contributed by atoms with E-state index in [0.29, 0.717) is 23.0 Å². The van der Waals surface area contributed by atoms with Crippen LogP contribution in [0, 0.1) is 0 Å². The van der Waals surface area contributed by atoms with Crippen molar-refractivity contribution in [1.82, 2.24) is 20.4 Å². The van der Waals surface area contributed by atoms with Gasteiger partial charge in [0.05, 0.1) is 5.02 Å². The lowest BCUT2D eigenvalue weighted by Crippen LogP contribution is -2.22. The third-order valence-electron chi connectivity index (χ3n) is 3.07. The predicted molar refractivity (Wildman–Crippen MR) is 88.8 cm³/mol. The first kappa shape index (κ1) is 15.2. The maximum atomic E-state index is 9.69. The Morgan fingerprint density at radius 2 is 1.65 bits per heavy atom. The Morgan fingerprint density at radius 1 is 0.913 bits per heavy atom. The molecule has 0 fully saturated rings. The Hall–Kier alpha value is -2.70. The van der Waals surface area contributed by atoms with Crippen LogP contribution in [0.4, 0.5) is 5.95 Å². The molecule has 0 bridgehead atoms. The third kappa shape index (κ3) is 3.94. The van der Waals surface area contributed by atoms with Crippen LogP contribution in [0.3, 0.4) is 0 Å². The van der Waals surface area contributed by atoms with Gasteiger partial charge in [-0.25, -0.2) is 5.43 Å². The van der Waals surface area contributed by atoms with Crippen LogP contribution < -0.4 is 10.9 Å². The van der Waals surface area contributed by atoms with Gasteiger partial charge < -0.3 is 5.11 Å². The zero-order chi connectivity index (χ0) is 16.1. The second kappa shape index (κ2) is 7.04. The molecular formula is C16H14ClN5O. The van der Waals surface area contributed by atoms with Crippen molar-refractivity contribution < 1.29 is 5.11 Å². The van der Waals surface area contributed by atoms with Crippen molar-refractivity contribution in [2.75, 3.05) is 5.43 Å². The molecule has 23 heavy (non-hydrogen) atoms. The van der Waals surface area contributed by atoms with Crippen LogP contribution in [0.2, 0.25) is 5.02 Å². The Morgan fingerprint density at radius 3 is 2.43 bits per heavy atom. The second-order valence-electron chi connectivity index (χ2n) is 4.73. The van der Waals surface area contributed by atoms with E-state index in [9.17, 15) is 5.11 Å². The highest BCUT2D eigenvalue weighted by molar-refractivity contribution is 6.33. The lowest BCUT2D eigenvalue weighted by molar-refractivity contribution is 0.429.